The second-order valence-electron chi connectivity index (χ2n) is 6.67. The van der Waals surface area contributed by atoms with Crippen LogP contribution in [-0.4, -0.2) is 12.5 Å². The molecule has 0 saturated carbocycles. The zero-order chi connectivity index (χ0) is 15.0. The lowest BCUT2D eigenvalue weighted by Gasteiger charge is -2.26. The number of rotatable bonds is 1. The van der Waals surface area contributed by atoms with Gasteiger partial charge in [0.2, 0.25) is 5.91 Å². The van der Waals surface area contributed by atoms with Crippen LogP contribution >= 0.6 is 0 Å². The topological polar surface area (TPSA) is 20.3 Å². The molecular weight excluding hydrogens is 258 g/mol. The minimum atomic E-state index is -0.343. The van der Waals surface area contributed by atoms with Crippen molar-refractivity contribution in [2.24, 2.45) is 5.41 Å². The van der Waals surface area contributed by atoms with E-state index in [9.17, 15) is 4.79 Å². The van der Waals surface area contributed by atoms with E-state index in [1.54, 1.807) is 0 Å². The molecule has 21 heavy (non-hydrogen) atoms. The molecule has 1 heterocycles. The maximum absolute atomic E-state index is 12.6. The van der Waals surface area contributed by atoms with Gasteiger partial charge < -0.3 is 4.90 Å². The third-order valence-electron chi connectivity index (χ3n) is 3.97. The van der Waals surface area contributed by atoms with Gasteiger partial charge in [0.15, 0.2) is 0 Å². The molecule has 0 bridgehead atoms. The maximum Gasteiger partial charge on any atom is 0.232 e. The molecule has 2 aromatic rings. The summed E-state index contributed by atoms with van der Waals surface area (Å²) in [5.74, 6) is 0.200. The fourth-order valence-corrected chi connectivity index (χ4v) is 2.81. The van der Waals surface area contributed by atoms with Gasteiger partial charge in [-0.3, -0.25) is 4.79 Å². The quantitative estimate of drug-likeness (QED) is 0.762. The fourth-order valence-electron chi connectivity index (χ4n) is 2.81. The van der Waals surface area contributed by atoms with Crippen LogP contribution in [0.3, 0.4) is 0 Å². The largest absolute Gasteiger partial charge is 0.311 e. The highest BCUT2D eigenvalue weighted by atomic mass is 16.2. The standard InChI is InChI=1S/C19H21NO/c1-19(2,3)18(21)20-12-11-15-9-10-16(13-17(15)20)14-7-5-4-6-8-14/h4-10,13H,11-12H2,1-3H3. The second kappa shape index (κ2) is 5.03. The number of anilines is 1. The number of amides is 1. The summed E-state index contributed by atoms with van der Waals surface area (Å²) < 4.78 is 0. The average Bonchev–Trinajstić information content (AvgIpc) is 2.89. The molecule has 1 amide bonds. The van der Waals surface area contributed by atoms with Crippen molar-refractivity contribution in [2.45, 2.75) is 27.2 Å². The Morgan fingerprint density at radius 2 is 1.71 bits per heavy atom. The second-order valence-corrected chi connectivity index (χ2v) is 6.67. The zero-order valence-electron chi connectivity index (χ0n) is 12.9. The number of fused-ring (bicyclic) bond motifs is 1. The number of benzene rings is 2. The Balaban J connectivity index is 2.00. The first-order valence-electron chi connectivity index (χ1n) is 7.47. The molecule has 0 atom stereocenters. The summed E-state index contributed by atoms with van der Waals surface area (Å²) in [7, 11) is 0. The monoisotopic (exact) mass is 279 g/mol. The molecule has 2 heteroatoms. The molecule has 0 spiro atoms. The van der Waals surface area contributed by atoms with Gasteiger partial charge in [-0.2, -0.15) is 0 Å². The minimum absolute atomic E-state index is 0.200. The smallest absolute Gasteiger partial charge is 0.232 e. The van der Waals surface area contributed by atoms with Gasteiger partial charge in [0.25, 0.3) is 0 Å². The van der Waals surface area contributed by atoms with E-state index in [1.165, 1.54) is 16.7 Å². The van der Waals surface area contributed by atoms with E-state index in [1.807, 2.05) is 43.9 Å². The van der Waals surface area contributed by atoms with Crippen LogP contribution in [0.1, 0.15) is 26.3 Å². The molecule has 108 valence electrons. The summed E-state index contributed by atoms with van der Waals surface area (Å²) in [4.78, 5) is 14.5. The first-order chi connectivity index (χ1) is 9.97. The number of carbonyl (C=O) groups excluding carboxylic acids is 1. The molecular formula is C19H21NO. The van der Waals surface area contributed by atoms with Crippen molar-refractivity contribution in [1.82, 2.24) is 0 Å². The summed E-state index contributed by atoms with van der Waals surface area (Å²) in [6.45, 7) is 6.74. The Morgan fingerprint density at radius 1 is 1.00 bits per heavy atom. The van der Waals surface area contributed by atoms with Gasteiger partial charge in [-0.05, 0) is 29.2 Å². The molecule has 2 nitrogen and oxygen atoms in total. The Kier molecular flexibility index (Phi) is 3.32. The molecule has 0 fully saturated rings. The van der Waals surface area contributed by atoms with Crippen molar-refractivity contribution in [2.75, 3.05) is 11.4 Å². The highest BCUT2D eigenvalue weighted by Crippen LogP contribution is 2.35. The van der Waals surface area contributed by atoms with Gasteiger partial charge in [-0.25, -0.2) is 0 Å². The summed E-state index contributed by atoms with van der Waals surface area (Å²) in [5.41, 5.74) is 4.37. The molecule has 2 aromatic carbocycles. The molecule has 3 rings (SSSR count). The van der Waals surface area contributed by atoms with Gasteiger partial charge in [-0.1, -0.05) is 63.2 Å². The molecule has 1 aliphatic heterocycles. The first-order valence-corrected chi connectivity index (χ1v) is 7.47. The van der Waals surface area contributed by atoms with Crippen molar-refractivity contribution in [3.8, 4) is 11.1 Å². The molecule has 0 N–H and O–H groups in total. The Labute approximate surface area is 126 Å². The third kappa shape index (κ3) is 2.58. The van der Waals surface area contributed by atoms with Crippen molar-refractivity contribution < 1.29 is 4.79 Å². The van der Waals surface area contributed by atoms with Gasteiger partial charge >= 0.3 is 0 Å². The Hall–Kier alpha value is -2.09. The van der Waals surface area contributed by atoms with Crippen LogP contribution in [0, 0.1) is 5.41 Å². The van der Waals surface area contributed by atoms with Crippen LogP contribution < -0.4 is 4.90 Å². The van der Waals surface area contributed by atoms with E-state index in [4.69, 9.17) is 0 Å². The number of hydrogen-bond donors (Lipinski definition) is 0. The summed E-state index contributed by atoms with van der Waals surface area (Å²) in [6, 6.07) is 16.8. The van der Waals surface area contributed by atoms with E-state index < -0.39 is 0 Å². The highest BCUT2D eigenvalue weighted by molar-refractivity contribution is 5.99. The first kappa shape index (κ1) is 13.9. The molecule has 0 unspecified atom stereocenters. The van der Waals surface area contributed by atoms with Crippen molar-refractivity contribution in [3.05, 3.63) is 54.1 Å². The predicted molar refractivity (Wildman–Crippen MR) is 87.4 cm³/mol. The lowest BCUT2D eigenvalue weighted by atomic mass is 9.94. The Bertz CT molecular complexity index is 668. The van der Waals surface area contributed by atoms with E-state index in [0.717, 1.165) is 18.7 Å². The van der Waals surface area contributed by atoms with E-state index in [-0.39, 0.29) is 11.3 Å². The maximum atomic E-state index is 12.6. The molecule has 0 saturated heterocycles. The Morgan fingerprint density at radius 3 is 2.38 bits per heavy atom. The number of carbonyl (C=O) groups is 1. The molecule has 0 radical (unpaired) electrons. The normalized spacial score (nSPS) is 14.1. The minimum Gasteiger partial charge on any atom is -0.311 e. The van der Waals surface area contributed by atoms with Crippen LogP contribution in [0.2, 0.25) is 0 Å². The number of nitrogens with zero attached hydrogens (tertiary/aromatic N) is 1. The average molecular weight is 279 g/mol. The molecule has 1 aliphatic rings. The van der Waals surface area contributed by atoms with E-state index >= 15 is 0 Å². The predicted octanol–water partition coefficient (Wildman–Crippen LogP) is 4.29. The van der Waals surface area contributed by atoms with Gasteiger partial charge in [-0.15, -0.1) is 0 Å². The van der Waals surface area contributed by atoms with E-state index in [2.05, 4.69) is 30.3 Å². The van der Waals surface area contributed by atoms with Crippen LogP contribution in [0.5, 0.6) is 0 Å². The summed E-state index contributed by atoms with van der Waals surface area (Å²) in [5, 5.41) is 0. The van der Waals surface area contributed by atoms with Crippen molar-refractivity contribution in [3.63, 3.8) is 0 Å². The lowest BCUT2D eigenvalue weighted by molar-refractivity contribution is -0.125. The number of hydrogen-bond acceptors (Lipinski definition) is 1. The van der Waals surface area contributed by atoms with E-state index in [0.29, 0.717) is 0 Å². The van der Waals surface area contributed by atoms with Gasteiger partial charge in [0.1, 0.15) is 0 Å². The van der Waals surface area contributed by atoms with Crippen LogP contribution in [-0.2, 0) is 11.2 Å². The van der Waals surface area contributed by atoms with Crippen LogP contribution in [0.25, 0.3) is 11.1 Å². The summed E-state index contributed by atoms with van der Waals surface area (Å²) >= 11 is 0. The highest BCUT2D eigenvalue weighted by Gasteiger charge is 2.32. The molecule has 0 aliphatic carbocycles. The zero-order valence-corrected chi connectivity index (χ0v) is 12.9. The van der Waals surface area contributed by atoms with Crippen LogP contribution in [0.15, 0.2) is 48.5 Å². The summed E-state index contributed by atoms with van der Waals surface area (Å²) in [6.07, 6.45) is 0.951. The fraction of sp³-hybridized carbons (Fsp3) is 0.316. The van der Waals surface area contributed by atoms with Crippen molar-refractivity contribution in [1.29, 1.82) is 0 Å². The lowest BCUT2D eigenvalue weighted by Crippen LogP contribution is -2.38. The molecule has 0 aromatic heterocycles. The van der Waals surface area contributed by atoms with Crippen molar-refractivity contribution >= 4 is 11.6 Å². The van der Waals surface area contributed by atoms with Gasteiger partial charge in [0, 0.05) is 17.6 Å². The van der Waals surface area contributed by atoms with Gasteiger partial charge in [0.05, 0.1) is 0 Å². The SMILES string of the molecule is CC(C)(C)C(=O)N1CCc2ccc(-c3ccccc3)cc21. The van der Waals surface area contributed by atoms with Crippen LogP contribution in [0.4, 0.5) is 5.69 Å². The third-order valence-corrected chi connectivity index (χ3v) is 3.97.